The standard InChI is InChI=1S/C9H16O3/c1-5-7(9(3,4)11)8(10)12-6-2/h5,7,11H,1,6H2,2-4H3. The van der Waals surface area contributed by atoms with Crippen molar-refractivity contribution in [3.05, 3.63) is 12.7 Å². The number of esters is 1. The maximum Gasteiger partial charge on any atom is 0.315 e. The Morgan fingerprint density at radius 3 is 2.50 bits per heavy atom. The summed E-state index contributed by atoms with van der Waals surface area (Å²) in [6.07, 6.45) is 1.40. The SMILES string of the molecule is C=CC(C(=O)OCC)C(C)(C)O. The first-order chi connectivity index (χ1) is 5.43. The van der Waals surface area contributed by atoms with Gasteiger partial charge in [-0.15, -0.1) is 6.58 Å². The van der Waals surface area contributed by atoms with Crippen LogP contribution in [-0.4, -0.2) is 23.3 Å². The van der Waals surface area contributed by atoms with Crippen molar-refractivity contribution in [2.24, 2.45) is 5.92 Å². The molecule has 0 rings (SSSR count). The molecule has 70 valence electrons. The monoisotopic (exact) mass is 172 g/mol. The number of carbonyl (C=O) groups is 1. The smallest absolute Gasteiger partial charge is 0.315 e. The van der Waals surface area contributed by atoms with E-state index in [0.29, 0.717) is 6.61 Å². The van der Waals surface area contributed by atoms with Gasteiger partial charge in [0.05, 0.1) is 12.2 Å². The molecule has 0 heterocycles. The highest BCUT2D eigenvalue weighted by Crippen LogP contribution is 2.18. The first kappa shape index (κ1) is 11.2. The van der Waals surface area contributed by atoms with E-state index >= 15 is 0 Å². The van der Waals surface area contributed by atoms with E-state index in [1.807, 2.05) is 0 Å². The Bertz CT molecular complexity index is 167. The molecule has 0 saturated carbocycles. The van der Waals surface area contributed by atoms with Crippen LogP contribution in [0.1, 0.15) is 20.8 Å². The molecule has 0 bridgehead atoms. The summed E-state index contributed by atoms with van der Waals surface area (Å²) in [5.41, 5.74) is -1.10. The molecule has 12 heavy (non-hydrogen) atoms. The van der Waals surface area contributed by atoms with Crippen molar-refractivity contribution in [1.29, 1.82) is 0 Å². The van der Waals surface area contributed by atoms with Gasteiger partial charge >= 0.3 is 5.97 Å². The maximum atomic E-state index is 11.2. The summed E-state index contributed by atoms with van der Waals surface area (Å²) in [6, 6.07) is 0. The lowest BCUT2D eigenvalue weighted by Crippen LogP contribution is -2.36. The first-order valence-corrected chi connectivity index (χ1v) is 3.95. The largest absolute Gasteiger partial charge is 0.465 e. The van der Waals surface area contributed by atoms with Crippen LogP contribution < -0.4 is 0 Å². The van der Waals surface area contributed by atoms with Gasteiger partial charge in [-0.3, -0.25) is 4.79 Å². The van der Waals surface area contributed by atoms with Crippen LogP contribution in [-0.2, 0) is 9.53 Å². The molecule has 0 aromatic heterocycles. The lowest BCUT2D eigenvalue weighted by molar-refractivity contribution is -0.152. The third kappa shape index (κ3) is 3.05. The van der Waals surface area contributed by atoms with E-state index in [4.69, 9.17) is 4.74 Å². The van der Waals surface area contributed by atoms with Crippen molar-refractivity contribution in [1.82, 2.24) is 0 Å². The van der Waals surface area contributed by atoms with Gasteiger partial charge in [-0.25, -0.2) is 0 Å². The zero-order chi connectivity index (χ0) is 9.78. The van der Waals surface area contributed by atoms with Crippen LogP contribution in [0.25, 0.3) is 0 Å². The van der Waals surface area contributed by atoms with E-state index in [2.05, 4.69) is 6.58 Å². The molecule has 0 radical (unpaired) electrons. The summed E-state index contributed by atoms with van der Waals surface area (Å²) in [5.74, 6) is -1.09. The summed E-state index contributed by atoms with van der Waals surface area (Å²) < 4.78 is 4.75. The fraction of sp³-hybridized carbons (Fsp3) is 0.667. The Hall–Kier alpha value is -0.830. The molecule has 0 aliphatic rings. The van der Waals surface area contributed by atoms with Crippen molar-refractivity contribution < 1.29 is 14.6 Å². The number of aliphatic hydroxyl groups is 1. The average Bonchev–Trinajstić information content (AvgIpc) is 1.85. The predicted molar refractivity (Wildman–Crippen MR) is 46.6 cm³/mol. The Balaban J connectivity index is 4.35. The Labute approximate surface area is 73.0 Å². The van der Waals surface area contributed by atoms with Gasteiger partial charge in [-0.05, 0) is 20.8 Å². The predicted octanol–water partition coefficient (Wildman–Crippen LogP) is 1.12. The van der Waals surface area contributed by atoms with Gasteiger partial charge in [-0.2, -0.15) is 0 Å². The van der Waals surface area contributed by atoms with Crippen LogP contribution in [0.5, 0.6) is 0 Å². The van der Waals surface area contributed by atoms with Gasteiger partial charge in [-0.1, -0.05) is 6.08 Å². The van der Waals surface area contributed by atoms with Crippen LogP contribution in [0, 0.1) is 5.92 Å². The zero-order valence-electron chi connectivity index (χ0n) is 7.83. The second-order valence-corrected chi connectivity index (χ2v) is 3.12. The molecule has 0 amide bonds. The Morgan fingerprint density at radius 2 is 2.25 bits per heavy atom. The minimum atomic E-state index is -1.10. The molecule has 1 unspecified atom stereocenters. The van der Waals surface area contributed by atoms with Crippen LogP contribution in [0.2, 0.25) is 0 Å². The molecular formula is C9H16O3. The van der Waals surface area contributed by atoms with E-state index in [1.165, 1.54) is 6.08 Å². The van der Waals surface area contributed by atoms with E-state index in [1.54, 1.807) is 20.8 Å². The highest BCUT2D eigenvalue weighted by atomic mass is 16.5. The van der Waals surface area contributed by atoms with Crippen molar-refractivity contribution in [3.63, 3.8) is 0 Å². The number of rotatable bonds is 4. The second kappa shape index (κ2) is 4.26. The average molecular weight is 172 g/mol. The molecular weight excluding hydrogens is 156 g/mol. The highest BCUT2D eigenvalue weighted by molar-refractivity contribution is 5.75. The van der Waals surface area contributed by atoms with E-state index in [9.17, 15) is 9.90 Å². The molecule has 0 aliphatic carbocycles. The van der Waals surface area contributed by atoms with Crippen LogP contribution in [0.3, 0.4) is 0 Å². The van der Waals surface area contributed by atoms with Gasteiger partial charge in [0, 0.05) is 0 Å². The number of carbonyl (C=O) groups excluding carboxylic acids is 1. The van der Waals surface area contributed by atoms with Gasteiger partial charge in [0.25, 0.3) is 0 Å². The van der Waals surface area contributed by atoms with Crippen LogP contribution in [0.15, 0.2) is 12.7 Å². The van der Waals surface area contributed by atoms with Gasteiger partial charge < -0.3 is 9.84 Å². The Kier molecular flexibility index (Phi) is 3.96. The minimum absolute atomic E-state index is 0.319. The molecule has 3 heteroatoms. The fourth-order valence-electron chi connectivity index (χ4n) is 0.905. The second-order valence-electron chi connectivity index (χ2n) is 3.12. The quantitative estimate of drug-likeness (QED) is 0.510. The summed E-state index contributed by atoms with van der Waals surface area (Å²) in [5, 5.41) is 9.50. The van der Waals surface area contributed by atoms with Crippen LogP contribution >= 0.6 is 0 Å². The van der Waals surface area contributed by atoms with Crippen LogP contribution in [0.4, 0.5) is 0 Å². The van der Waals surface area contributed by atoms with Crippen molar-refractivity contribution in [2.45, 2.75) is 26.4 Å². The third-order valence-corrected chi connectivity index (χ3v) is 1.54. The lowest BCUT2D eigenvalue weighted by atomic mass is 9.91. The highest BCUT2D eigenvalue weighted by Gasteiger charge is 2.31. The van der Waals surface area contributed by atoms with Crippen molar-refractivity contribution in [3.8, 4) is 0 Å². The summed E-state index contributed by atoms with van der Waals surface area (Å²) in [4.78, 5) is 11.2. The van der Waals surface area contributed by atoms with E-state index in [0.717, 1.165) is 0 Å². The zero-order valence-corrected chi connectivity index (χ0v) is 7.83. The maximum absolute atomic E-state index is 11.2. The minimum Gasteiger partial charge on any atom is -0.465 e. The fourth-order valence-corrected chi connectivity index (χ4v) is 0.905. The number of ether oxygens (including phenoxy) is 1. The number of hydrogen-bond donors (Lipinski definition) is 1. The molecule has 3 nitrogen and oxygen atoms in total. The lowest BCUT2D eigenvalue weighted by Gasteiger charge is -2.24. The third-order valence-electron chi connectivity index (χ3n) is 1.54. The normalized spacial score (nSPS) is 13.7. The molecule has 0 aromatic carbocycles. The van der Waals surface area contributed by atoms with Gasteiger partial charge in [0.2, 0.25) is 0 Å². The molecule has 0 fully saturated rings. The topological polar surface area (TPSA) is 46.5 Å². The van der Waals surface area contributed by atoms with E-state index < -0.39 is 17.5 Å². The Morgan fingerprint density at radius 1 is 1.75 bits per heavy atom. The summed E-state index contributed by atoms with van der Waals surface area (Å²) in [7, 11) is 0. The summed E-state index contributed by atoms with van der Waals surface area (Å²) in [6.45, 7) is 8.62. The van der Waals surface area contributed by atoms with E-state index in [-0.39, 0.29) is 0 Å². The molecule has 0 saturated heterocycles. The number of hydrogen-bond acceptors (Lipinski definition) is 3. The summed E-state index contributed by atoms with van der Waals surface area (Å²) >= 11 is 0. The van der Waals surface area contributed by atoms with Crippen molar-refractivity contribution >= 4 is 5.97 Å². The van der Waals surface area contributed by atoms with Gasteiger partial charge in [0.15, 0.2) is 0 Å². The molecule has 0 aromatic rings. The molecule has 0 spiro atoms. The van der Waals surface area contributed by atoms with Crippen molar-refractivity contribution in [2.75, 3.05) is 6.61 Å². The molecule has 1 atom stereocenters. The molecule has 1 N–H and O–H groups in total. The molecule has 0 aliphatic heterocycles. The first-order valence-electron chi connectivity index (χ1n) is 3.95. The van der Waals surface area contributed by atoms with Gasteiger partial charge in [0.1, 0.15) is 5.92 Å².